The van der Waals surface area contributed by atoms with Gasteiger partial charge in [-0.25, -0.2) is 8.78 Å². The molecule has 0 atom stereocenters. The highest BCUT2D eigenvalue weighted by atomic mass is 79.9. The van der Waals surface area contributed by atoms with Crippen LogP contribution in [0, 0.1) is 0 Å². The van der Waals surface area contributed by atoms with Crippen molar-refractivity contribution in [1.29, 1.82) is 0 Å². The summed E-state index contributed by atoms with van der Waals surface area (Å²) in [6.07, 6.45) is -1.05. The van der Waals surface area contributed by atoms with Gasteiger partial charge in [0.1, 0.15) is 5.69 Å². The fourth-order valence-corrected chi connectivity index (χ4v) is 2.51. The molecule has 0 spiro atoms. The van der Waals surface area contributed by atoms with Gasteiger partial charge >= 0.3 is 0 Å². The number of halogens is 4. The molecule has 0 fully saturated rings. The number of nitrogens with zero attached hydrogens (tertiary/aromatic N) is 1. The minimum Gasteiger partial charge on any atom is -0.296 e. The third-order valence-corrected chi connectivity index (χ3v) is 3.11. The van der Waals surface area contributed by atoms with Gasteiger partial charge in [0, 0.05) is 17.1 Å². The molecule has 1 aromatic rings. The smallest absolute Gasteiger partial charge is 0.265 e. The van der Waals surface area contributed by atoms with Crippen LogP contribution in [-0.4, -0.2) is 11.3 Å². The van der Waals surface area contributed by atoms with E-state index in [0.717, 1.165) is 6.20 Å². The lowest BCUT2D eigenvalue weighted by atomic mass is 10.1. The van der Waals surface area contributed by atoms with E-state index < -0.39 is 6.43 Å². The summed E-state index contributed by atoms with van der Waals surface area (Å²) >= 11 is 6.15. The SMILES string of the molecule is O=Cc1ncc(C(F)F)c(CBr)c1Br. The van der Waals surface area contributed by atoms with Gasteiger partial charge in [-0.05, 0) is 21.5 Å². The summed E-state index contributed by atoms with van der Waals surface area (Å²) in [5.74, 6) is 0. The molecule has 2 nitrogen and oxygen atoms in total. The highest BCUT2D eigenvalue weighted by Gasteiger charge is 2.17. The van der Waals surface area contributed by atoms with Crippen LogP contribution in [0.2, 0.25) is 0 Å². The van der Waals surface area contributed by atoms with Crippen molar-refractivity contribution in [3.63, 3.8) is 0 Å². The van der Waals surface area contributed by atoms with E-state index in [1.165, 1.54) is 0 Å². The zero-order chi connectivity index (χ0) is 10.7. The molecule has 0 bridgehead atoms. The number of carbonyl (C=O) groups is 1. The maximum atomic E-state index is 12.5. The predicted molar refractivity (Wildman–Crippen MR) is 54.9 cm³/mol. The lowest BCUT2D eigenvalue weighted by molar-refractivity contribution is 0.111. The highest BCUT2D eigenvalue weighted by Crippen LogP contribution is 2.30. The number of aldehydes is 1. The first-order valence-corrected chi connectivity index (χ1v) is 5.49. The Morgan fingerprint density at radius 3 is 2.64 bits per heavy atom. The van der Waals surface area contributed by atoms with Crippen LogP contribution in [0.25, 0.3) is 0 Å². The van der Waals surface area contributed by atoms with E-state index in [-0.39, 0.29) is 16.6 Å². The summed E-state index contributed by atoms with van der Waals surface area (Å²) in [4.78, 5) is 14.1. The largest absolute Gasteiger partial charge is 0.296 e. The highest BCUT2D eigenvalue weighted by molar-refractivity contribution is 9.10. The number of pyridine rings is 1. The molecule has 14 heavy (non-hydrogen) atoms. The normalized spacial score (nSPS) is 10.6. The Balaban J connectivity index is 3.35. The lowest BCUT2D eigenvalue weighted by Gasteiger charge is -2.08. The Hall–Kier alpha value is -0.360. The molecular weight excluding hydrogens is 324 g/mol. The van der Waals surface area contributed by atoms with Crippen LogP contribution in [0.4, 0.5) is 8.78 Å². The topological polar surface area (TPSA) is 30.0 Å². The molecular formula is C8H5Br2F2NO. The van der Waals surface area contributed by atoms with Crippen molar-refractivity contribution in [3.05, 3.63) is 27.5 Å². The summed E-state index contributed by atoms with van der Waals surface area (Å²) in [6.45, 7) is 0. The summed E-state index contributed by atoms with van der Waals surface area (Å²) in [7, 11) is 0. The number of hydrogen-bond donors (Lipinski definition) is 0. The molecule has 0 amide bonds. The van der Waals surface area contributed by atoms with Crippen molar-refractivity contribution >= 4 is 38.1 Å². The molecule has 0 radical (unpaired) electrons. The van der Waals surface area contributed by atoms with Crippen molar-refractivity contribution in [1.82, 2.24) is 4.98 Å². The van der Waals surface area contributed by atoms with Gasteiger partial charge in [-0.1, -0.05) is 15.9 Å². The summed E-state index contributed by atoms with van der Waals surface area (Å²) in [6, 6.07) is 0. The first kappa shape index (κ1) is 11.7. The molecule has 0 N–H and O–H groups in total. The minimum atomic E-state index is -2.59. The fraction of sp³-hybridized carbons (Fsp3) is 0.250. The van der Waals surface area contributed by atoms with E-state index in [0.29, 0.717) is 16.3 Å². The van der Waals surface area contributed by atoms with Crippen molar-refractivity contribution < 1.29 is 13.6 Å². The lowest BCUT2D eigenvalue weighted by Crippen LogP contribution is -2.00. The Kier molecular flexibility index (Phi) is 4.12. The van der Waals surface area contributed by atoms with E-state index in [1.807, 2.05) is 0 Å². The maximum absolute atomic E-state index is 12.5. The molecule has 0 saturated carbocycles. The fourth-order valence-electron chi connectivity index (χ4n) is 0.961. The Bertz CT molecular complexity index is 357. The van der Waals surface area contributed by atoms with Gasteiger partial charge in [0.25, 0.3) is 6.43 Å². The second-order valence-corrected chi connectivity index (χ2v) is 3.80. The molecule has 0 unspecified atom stereocenters. The van der Waals surface area contributed by atoms with Crippen LogP contribution in [0.5, 0.6) is 0 Å². The van der Waals surface area contributed by atoms with Crippen molar-refractivity contribution in [3.8, 4) is 0 Å². The molecule has 0 aromatic carbocycles. The molecule has 1 aromatic heterocycles. The second kappa shape index (κ2) is 4.93. The van der Waals surface area contributed by atoms with E-state index in [4.69, 9.17) is 0 Å². The van der Waals surface area contributed by atoms with Gasteiger partial charge in [-0.15, -0.1) is 0 Å². The van der Waals surface area contributed by atoms with Crippen LogP contribution < -0.4 is 0 Å². The number of alkyl halides is 3. The first-order valence-electron chi connectivity index (χ1n) is 3.58. The average molecular weight is 329 g/mol. The zero-order valence-electron chi connectivity index (χ0n) is 6.81. The van der Waals surface area contributed by atoms with Crippen LogP contribution in [0.15, 0.2) is 10.7 Å². The molecule has 1 rings (SSSR count). The monoisotopic (exact) mass is 327 g/mol. The Labute approximate surface area is 96.0 Å². The van der Waals surface area contributed by atoms with Crippen molar-refractivity contribution in [2.24, 2.45) is 0 Å². The number of hydrogen-bond acceptors (Lipinski definition) is 2. The van der Waals surface area contributed by atoms with E-state index in [9.17, 15) is 13.6 Å². The number of rotatable bonds is 3. The van der Waals surface area contributed by atoms with E-state index in [1.54, 1.807) is 0 Å². The molecule has 0 aliphatic heterocycles. The van der Waals surface area contributed by atoms with Crippen LogP contribution in [0.1, 0.15) is 28.0 Å². The quantitative estimate of drug-likeness (QED) is 0.628. The van der Waals surface area contributed by atoms with Crippen LogP contribution >= 0.6 is 31.9 Å². The molecule has 6 heteroatoms. The van der Waals surface area contributed by atoms with Gasteiger partial charge in [-0.2, -0.15) is 0 Å². The van der Waals surface area contributed by atoms with Gasteiger partial charge in [-0.3, -0.25) is 9.78 Å². The van der Waals surface area contributed by atoms with Gasteiger partial charge in [0.05, 0.1) is 4.47 Å². The van der Waals surface area contributed by atoms with Gasteiger partial charge in [0.2, 0.25) is 0 Å². The van der Waals surface area contributed by atoms with Crippen molar-refractivity contribution in [2.45, 2.75) is 11.8 Å². The standard InChI is InChI=1S/C8H5Br2F2NO/c9-1-4-5(8(11)12)2-13-6(3-14)7(4)10/h2-3,8H,1H2. The number of carbonyl (C=O) groups excluding carboxylic acids is 1. The predicted octanol–water partition coefficient (Wildman–Crippen LogP) is 3.49. The van der Waals surface area contributed by atoms with Gasteiger partial charge < -0.3 is 0 Å². The van der Waals surface area contributed by atoms with Crippen LogP contribution in [-0.2, 0) is 5.33 Å². The summed E-state index contributed by atoms with van der Waals surface area (Å²) in [5.41, 5.74) is 0.320. The van der Waals surface area contributed by atoms with Crippen molar-refractivity contribution in [2.75, 3.05) is 0 Å². The first-order chi connectivity index (χ1) is 6.61. The summed E-state index contributed by atoms with van der Waals surface area (Å²) in [5, 5.41) is 0.247. The zero-order valence-corrected chi connectivity index (χ0v) is 9.98. The Morgan fingerprint density at radius 1 is 1.57 bits per heavy atom. The van der Waals surface area contributed by atoms with Gasteiger partial charge in [0.15, 0.2) is 6.29 Å². The third-order valence-electron chi connectivity index (χ3n) is 1.66. The number of aromatic nitrogens is 1. The van der Waals surface area contributed by atoms with Crippen LogP contribution in [0.3, 0.4) is 0 Å². The maximum Gasteiger partial charge on any atom is 0.265 e. The minimum absolute atomic E-state index is 0.129. The molecule has 76 valence electrons. The molecule has 0 aliphatic carbocycles. The molecule has 1 heterocycles. The third kappa shape index (κ3) is 2.17. The Morgan fingerprint density at radius 2 is 2.21 bits per heavy atom. The summed E-state index contributed by atoms with van der Waals surface area (Å²) < 4.78 is 25.2. The van der Waals surface area contributed by atoms with E-state index >= 15 is 0 Å². The molecule has 0 aliphatic rings. The second-order valence-electron chi connectivity index (χ2n) is 2.44. The molecule has 0 saturated heterocycles. The average Bonchev–Trinajstić information content (AvgIpc) is 2.17. The van der Waals surface area contributed by atoms with E-state index in [2.05, 4.69) is 36.8 Å².